The van der Waals surface area contributed by atoms with Gasteiger partial charge in [-0.25, -0.2) is 0 Å². The minimum atomic E-state index is -0.425. The van der Waals surface area contributed by atoms with Gasteiger partial charge < -0.3 is 15.0 Å². The summed E-state index contributed by atoms with van der Waals surface area (Å²) in [5.41, 5.74) is -0.262. The van der Waals surface area contributed by atoms with Crippen molar-refractivity contribution in [2.24, 2.45) is 11.3 Å². The van der Waals surface area contributed by atoms with Gasteiger partial charge in [-0.05, 0) is 18.3 Å². The van der Waals surface area contributed by atoms with Gasteiger partial charge in [0.05, 0.1) is 12.6 Å². The van der Waals surface area contributed by atoms with E-state index in [1.165, 1.54) is 0 Å². The van der Waals surface area contributed by atoms with Crippen LogP contribution in [-0.2, 0) is 14.3 Å². The molecule has 2 heterocycles. The predicted octanol–water partition coefficient (Wildman–Crippen LogP) is 1.17. The number of nitrogens with one attached hydrogen (secondary N) is 1. The van der Waals surface area contributed by atoms with Gasteiger partial charge in [0.15, 0.2) is 0 Å². The summed E-state index contributed by atoms with van der Waals surface area (Å²) in [5.74, 6) is 0.339. The second-order valence-corrected chi connectivity index (χ2v) is 6.95. The maximum Gasteiger partial charge on any atom is 0.246 e. The highest BCUT2D eigenvalue weighted by atomic mass is 16.5. The first-order valence-electron chi connectivity index (χ1n) is 7.52. The smallest absolute Gasteiger partial charge is 0.246 e. The number of piperazine rings is 1. The number of ether oxygens (including phenoxy) is 1. The van der Waals surface area contributed by atoms with Crippen LogP contribution in [0.2, 0.25) is 0 Å². The monoisotopic (exact) mass is 282 g/mol. The van der Waals surface area contributed by atoms with Crippen molar-refractivity contribution in [3.8, 4) is 0 Å². The molecule has 2 saturated heterocycles. The summed E-state index contributed by atoms with van der Waals surface area (Å²) < 4.78 is 5.67. The van der Waals surface area contributed by atoms with E-state index in [0.29, 0.717) is 12.5 Å². The third-order valence-corrected chi connectivity index (χ3v) is 4.27. The van der Waals surface area contributed by atoms with Gasteiger partial charge in [0.25, 0.3) is 0 Å². The van der Waals surface area contributed by atoms with E-state index in [4.69, 9.17) is 4.74 Å². The van der Waals surface area contributed by atoms with Crippen LogP contribution in [-0.4, -0.2) is 48.6 Å². The van der Waals surface area contributed by atoms with Crippen LogP contribution in [0.1, 0.15) is 40.5 Å². The van der Waals surface area contributed by atoms with Crippen LogP contribution in [0.25, 0.3) is 0 Å². The highest BCUT2D eigenvalue weighted by Gasteiger charge is 2.41. The summed E-state index contributed by atoms with van der Waals surface area (Å²) in [4.78, 5) is 26.2. The minimum Gasteiger partial charge on any atom is -0.378 e. The van der Waals surface area contributed by atoms with Gasteiger partial charge in [0.1, 0.15) is 6.04 Å². The fourth-order valence-electron chi connectivity index (χ4n) is 3.08. The fourth-order valence-corrected chi connectivity index (χ4v) is 3.08. The maximum atomic E-state index is 12.6. The molecule has 0 aromatic rings. The van der Waals surface area contributed by atoms with E-state index in [1.807, 2.05) is 20.8 Å². The van der Waals surface area contributed by atoms with Gasteiger partial charge in [-0.3, -0.25) is 9.59 Å². The second-order valence-electron chi connectivity index (χ2n) is 6.95. The van der Waals surface area contributed by atoms with E-state index in [1.54, 1.807) is 4.90 Å². The molecule has 0 spiro atoms. The average Bonchev–Trinajstić information content (AvgIpc) is 2.79. The van der Waals surface area contributed by atoms with Crippen LogP contribution in [0.5, 0.6) is 0 Å². The molecule has 2 aliphatic heterocycles. The van der Waals surface area contributed by atoms with Gasteiger partial charge >= 0.3 is 0 Å². The van der Waals surface area contributed by atoms with E-state index >= 15 is 0 Å². The Kier molecular flexibility index (Phi) is 4.37. The van der Waals surface area contributed by atoms with Crippen LogP contribution < -0.4 is 5.32 Å². The molecular weight excluding hydrogens is 256 g/mol. The van der Waals surface area contributed by atoms with Gasteiger partial charge in [0, 0.05) is 19.1 Å². The number of carbonyl (C=O) groups is 2. The fraction of sp³-hybridized carbons (Fsp3) is 0.867. The molecule has 0 aromatic heterocycles. The Morgan fingerprint density at radius 3 is 2.65 bits per heavy atom. The molecule has 20 heavy (non-hydrogen) atoms. The van der Waals surface area contributed by atoms with Crippen molar-refractivity contribution < 1.29 is 14.3 Å². The Morgan fingerprint density at radius 1 is 1.35 bits per heavy atom. The lowest BCUT2D eigenvalue weighted by Gasteiger charge is -2.40. The normalized spacial score (nSPS) is 31.6. The first-order chi connectivity index (χ1) is 9.32. The van der Waals surface area contributed by atoms with Gasteiger partial charge in [-0.1, -0.05) is 27.7 Å². The maximum absolute atomic E-state index is 12.6. The Bertz CT molecular complexity index is 389. The Balaban J connectivity index is 2.07. The zero-order valence-corrected chi connectivity index (χ0v) is 12.9. The molecule has 2 fully saturated rings. The minimum absolute atomic E-state index is 0.0406. The van der Waals surface area contributed by atoms with Crippen LogP contribution in [0, 0.1) is 11.3 Å². The standard InChI is InChI=1S/C15H26N2O3/c1-5-11-10(6-7-20-11)8-17-9-12(18)16-13(14(17)19)15(2,3)4/h10-11,13H,5-9H2,1-4H3,(H,16,18). The molecule has 0 aromatic carbocycles. The number of carbonyl (C=O) groups excluding carboxylic acids is 2. The first kappa shape index (κ1) is 15.3. The van der Waals surface area contributed by atoms with Crippen molar-refractivity contribution in [1.29, 1.82) is 0 Å². The summed E-state index contributed by atoms with van der Waals surface area (Å²) in [6.07, 6.45) is 2.16. The molecule has 0 bridgehead atoms. The summed E-state index contributed by atoms with van der Waals surface area (Å²) in [6.45, 7) is 9.62. The molecule has 5 nitrogen and oxygen atoms in total. The number of nitrogens with zero attached hydrogens (tertiary/aromatic N) is 1. The van der Waals surface area contributed by atoms with Crippen LogP contribution >= 0.6 is 0 Å². The molecule has 114 valence electrons. The second kappa shape index (κ2) is 5.72. The number of hydrogen-bond acceptors (Lipinski definition) is 3. The largest absolute Gasteiger partial charge is 0.378 e. The Hall–Kier alpha value is -1.10. The van der Waals surface area contributed by atoms with Crippen molar-refractivity contribution in [2.45, 2.75) is 52.7 Å². The van der Waals surface area contributed by atoms with Crippen molar-refractivity contribution in [3.63, 3.8) is 0 Å². The molecule has 0 aliphatic carbocycles. The highest BCUT2D eigenvalue weighted by molar-refractivity contribution is 5.95. The molecule has 0 radical (unpaired) electrons. The third-order valence-electron chi connectivity index (χ3n) is 4.27. The van der Waals surface area contributed by atoms with Crippen molar-refractivity contribution in [2.75, 3.05) is 19.7 Å². The van der Waals surface area contributed by atoms with E-state index in [2.05, 4.69) is 12.2 Å². The van der Waals surface area contributed by atoms with Crippen LogP contribution in [0.4, 0.5) is 0 Å². The summed E-state index contributed by atoms with van der Waals surface area (Å²) in [6, 6.07) is -0.425. The Labute approximate surface area is 121 Å². The molecule has 1 N–H and O–H groups in total. The van der Waals surface area contributed by atoms with Gasteiger partial charge in [-0.15, -0.1) is 0 Å². The lowest BCUT2D eigenvalue weighted by molar-refractivity contribution is -0.148. The first-order valence-corrected chi connectivity index (χ1v) is 7.52. The summed E-state index contributed by atoms with van der Waals surface area (Å²) in [7, 11) is 0. The van der Waals surface area contributed by atoms with E-state index in [9.17, 15) is 9.59 Å². The molecule has 5 heteroatoms. The summed E-state index contributed by atoms with van der Waals surface area (Å²) >= 11 is 0. The molecule has 2 rings (SSSR count). The van der Waals surface area contributed by atoms with Crippen LogP contribution in [0.3, 0.4) is 0 Å². The van der Waals surface area contributed by atoms with Gasteiger partial charge in [0.2, 0.25) is 11.8 Å². The predicted molar refractivity (Wildman–Crippen MR) is 76.1 cm³/mol. The lowest BCUT2D eigenvalue weighted by Crippen LogP contribution is -2.63. The topological polar surface area (TPSA) is 58.6 Å². The SMILES string of the molecule is CCC1OCCC1CN1CC(=O)NC(C(C)(C)C)C1=O. The number of amides is 2. The number of rotatable bonds is 3. The highest BCUT2D eigenvalue weighted by Crippen LogP contribution is 2.27. The molecule has 3 unspecified atom stereocenters. The van der Waals surface area contributed by atoms with E-state index in [0.717, 1.165) is 19.4 Å². The lowest BCUT2D eigenvalue weighted by atomic mass is 9.84. The molecular formula is C15H26N2O3. The molecule has 3 atom stereocenters. The van der Waals surface area contributed by atoms with Crippen LogP contribution in [0.15, 0.2) is 0 Å². The van der Waals surface area contributed by atoms with Crippen molar-refractivity contribution >= 4 is 11.8 Å². The Morgan fingerprint density at radius 2 is 2.05 bits per heavy atom. The summed E-state index contributed by atoms with van der Waals surface area (Å²) in [5, 5.41) is 2.82. The van der Waals surface area contributed by atoms with E-state index < -0.39 is 6.04 Å². The molecule has 2 amide bonds. The zero-order valence-electron chi connectivity index (χ0n) is 12.9. The van der Waals surface area contributed by atoms with Crippen molar-refractivity contribution in [3.05, 3.63) is 0 Å². The zero-order chi connectivity index (χ0) is 14.9. The quantitative estimate of drug-likeness (QED) is 0.845. The third kappa shape index (κ3) is 3.14. The number of hydrogen-bond donors (Lipinski definition) is 1. The molecule has 2 aliphatic rings. The van der Waals surface area contributed by atoms with Crippen molar-refractivity contribution in [1.82, 2.24) is 10.2 Å². The van der Waals surface area contributed by atoms with Gasteiger partial charge in [-0.2, -0.15) is 0 Å². The molecule has 0 saturated carbocycles. The average molecular weight is 282 g/mol. The van der Waals surface area contributed by atoms with E-state index in [-0.39, 0.29) is 29.9 Å².